The Morgan fingerprint density at radius 3 is 1.85 bits per heavy atom. The lowest BCUT2D eigenvalue weighted by Gasteiger charge is -2.29. The average molecular weight is 664 g/mol. The normalized spacial score (nSPS) is 11.5. The summed E-state index contributed by atoms with van der Waals surface area (Å²) >= 11 is 0. The van der Waals surface area contributed by atoms with E-state index < -0.39 is 0 Å². The number of nitrogens with zero attached hydrogens (tertiary/aromatic N) is 3. The molecule has 10 aromatic rings. The second kappa shape index (κ2) is 12.4. The zero-order valence-electron chi connectivity index (χ0n) is 28.4. The molecule has 0 amide bonds. The van der Waals surface area contributed by atoms with Crippen molar-refractivity contribution in [3.63, 3.8) is 0 Å². The first-order valence-corrected chi connectivity index (χ1v) is 17.7. The van der Waals surface area contributed by atoms with Gasteiger partial charge in [-0.1, -0.05) is 140 Å². The Hall–Kier alpha value is -6.97. The van der Waals surface area contributed by atoms with Crippen molar-refractivity contribution in [3.8, 4) is 28.1 Å². The van der Waals surface area contributed by atoms with Crippen molar-refractivity contribution in [2.24, 2.45) is 0 Å². The molecule has 0 spiro atoms. The van der Waals surface area contributed by atoms with Crippen LogP contribution in [-0.4, -0.2) is 9.55 Å². The molecular weight excluding hydrogens is 631 g/mol. The van der Waals surface area contributed by atoms with E-state index >= 15 is 0 Å². The van der Waals surface area contributed by atoms with Crippen molar-refractivity contribution < 1.29 is 0 Å². The second-order valence-electron chi connectivity index (χ2n) is 13.2. The molecule has 2 heterocycles. The van der Waals surface area contributed by atoms with Crippen LogP contribution in [0.2, 0.25) is 0 Å². The topological polar surface area (TPSA) is 21.1 Å². The number of anilines is 3. The van der Waals surface area contributed by atoms with Gasteiger partial charge in [0, 0.05) is 44.0 Å². The van der Waals surface area contributed by atoms with E-state index in [1.54, 1.807) is 0 Å². The summed E-state index contributed by atoms with van der Waals surface area (Å²) in [5, 5.41) is 5.99. The lowest BCUT2D eigenvalue weighted by atomic mass is 9.99. The predicted molar refractivity (Wildman–Crippen MR) is 219 cm³/mol. The van der Waals surface area contributed by atoms with Crippen LogP contribution in [0.1, 0.15) is 0 Å². The fraction of sp³-hybridized carbons (Fsp3) is 0. The molecule has 0 aliphatic heterocycles. The number of hydrogen-bond acceptors (Lipinski definition) is 2. The molecule has 0 atom stereocenters. The summed E-state index contributed by atoms with van der Waals surface area (Å²) in [6, 6.07) is 71.6. The molecule has 0 unspecified atom stereocenters. The molecule has 0 radical (unpaired) electrons. The Bertz CT molecular complexity index is 2900. The summed E-state index contributed by atoms with van der Waals surface area (Å²) in [6.45, 7) is 0. The predicted octanol–water partition coefficient (Wildman–Crippen LogP) is 13.3. The van der Waals surface area contributed by atoms with Gasteiger partial charge in [0.05, 0.1) is 33.6 Å². The maximum atomic E-state index is 5.04. The molecule has 0 saturated heterocycles. The monoisotopic (exact) mass is 663 g/mol. The van der Waals surface area contributed by atoms with Crippen molar-refractivity contribution in [2.75, 3.05) is 4.90 Å². The molecule has 0 bridgehead atoms. The van der Waals surface area contributed by atoms with E-state index in [9.17, 15) is 0 Å². The molecule has 0 saturated carbocycles. The first-order chi connectivity index (χ1) is 25.8. The number of hydrogen-bond donors (Lipinski definition) is 0. The van der Waals surface area contributed by atoms with Crippen molar-refractivity contribution in [2.45, 2.75) is 0 Å². The van der Waals surface area contributed by atoms with Crippen LogP contribution in [0.4, 0.5) is 17.1 Å². The molecular formula is C49H33N3. The van der Waals surface area contributed by atoms with Crippen LogP contribution in [0, 0.1) is 0 Å². The van der Waals surface area contributed by atoms with Crippen LogP contribution in [0.3, 0.4) is 0 Å². The zero-order valence-corrected chi connectivity index (χ0v) is 28.4. The molecule has 8 aromatic carbocycles. The minimum atomic E-state index is 0.967. The molecule has 0 fully saturated rings. The van der Waals surface area contributed by atoms with Crippen LogP contribution in [0.5, 0.6) is 0 Å². The highest BCUT2D eigenvalue weighted by molar-refractivity contribution is 6.11. The van der Waals surface area contributed by atoms with Gasteiger partial charge in [-0.25, -0.2) is 4.98 Å². The van der Waals surface area contributed by atoms with E-state index in [0.717, 1.165) is 67.1 Å². The minimum Gasteiger partial charge on any atom is -0.309 e. The van der Waals surface area contributed by atoms with Crippen molar-refractivity contribution in [1.29, 1.82) is 0 Å². The third-order valence-electron chi connectivity index (χ3n) is 10.2. The Morgan fingerprint density at radius 1 is 0.404 bits per heavy atom. The Balaban J connectivity index is 1.19. The highest BCUT2D eigenvalue weighted by Gasteiger charge is 2.20. The van der Waals surface area contributed by atoms with Crippen molar-refractivity contribution >= 4 is 60.5 Å². The number of pyridine rings is 1. The number of rotatable bonds is 6. The number of benzene rings is 8. The number of fused-ring (bicyclic) bond motifs is 5. The maximum absolute atomic E-state index is 5.04. The van der Waals surface area contributed by atoms with Crippen molar-refractivity contribution in [3.05, 3.63) is 200 Å². The fourth-order valence-electron chi connectivity index (χ4n) is 7.73. The number of para-hydroxylation sites is 4. The van der Waals surface area contributed by atoms with E-state index in [1.807, 2.05) is 6.07 Å². The van der Waals surface area contributed by atoms with Gasteiger partial charge in [0.2, 0.25) is 0 Å². The van der Waals surface area contributed by atoms with Gasteiger partial charge < -0.3 is 9.47 Å². The van der Waals surface area contributed by atoms with E-state index in [1.165, 1.54) is 21.5 Å². The van der Waals surface area contributed by atoms with Crippen molar-refractivity contribution in [1.82, 2.24) is 9.55 Å². The fourth-order valence-corrected chi connectivity index (χ4v) is 7.73. The average Bonchev–Trinajstić information content (AvgIpc) is 3.55. The molecule has 244 valence electrons. The van der Waals surface area contributed by atoms with Gasteiger partial charge in [-0.15, -0.1) is 0 Å². The van der Waals surface area contributed by atoms with Crippen LogP contribution < -0.4 is 4.90 Å². The Morgan fingerprint density at radius 2 is 1.02 bits per heavy atom. The van der Waals surface area contributed by atoms with Gasteiger partial charge in [-0.05, 0) is 71.6 Å². The Labute approximate surface area is 302 Å². The third-order valence-corrected chi connectivity index (χ3v) is 10.2. The molecule has 0 aliphatic carbocycles. The van der Waals surface area contributed by atoms with Crippen LogP contribution in [-0.2, 0) is 0 Å². The van der Waals surface area contributed by atoms with Gasteiger partial charge in [0.1, 0.15) is 0 Å². The molecule has 3 heteroatoms. The summed E-state index contributed by atoms with van der Waals surface area (Å²) in [5.41, 5.74) is 12.2. The minimum absolute atomic E-state index is 0.967. The molecule has 3 nitrogen and oxygen atoms in total. The van der Waals surface area contributed by atoms with E-state index in [0.29, 0.717) is 0 Å². The van der Waals surface area contributed by atoms with Gasteiger partial charge in [-0.2, -0.15) is 0 Å². The standard InChI is InChI=1S/C49H33N3/c1-3-17-38(18-4-1)51(47-25-13-16-34-14-7-9-21-40(34)47)46-24-12-10-22-41(46)36-26-29-42-43-30-27-37(45-31-28-35-15-8-11-23-44(35)50-45)33-49(43)52(48(42)32-36)39-19-5-2-6-20-39/h1-33H. The second-order valence-corrected chi connectivity index (χ2v) is 13.2. The molecule has 10 rings (SSSR count). The Kier molecular flexibility index (Phi) is 7.14. The molecule has 52 heavy (non-hydrogen) atoms. The highest BCUT2D eigenvalue weighted by Crippen LogP contribution is 2.44. The molecule has 0 aliphatic rings. The smallest absolute Gasteiger partial charge is 0.0710 e. The molecule has 0 N–H and O–H groups in total. The maximum Gasteiger partial charge on any atom is 0.0710 e. The van der Waals surface area contributed by atoms with Crippen LogP contribution in [0.15, 0.2) is 200 Å². The molecule has 2 aromatic heterocycles. The zero-order chi connectivity index (χ0) is 34.4. The largest absolute Gasteiger partial charge is 0.309 e. The van der Waals surface area contributed by atoms with E-state index in [2.05, 4.69) is 204 Å². The van der Waals surface area contributed by atoms with Crippen LogP contribution >= 0.6 is 0 Å². The first-order valence-electron chi connectivity index (χ1n) is 17.7. The first kappa shape index (κ1) is 29.9. The summed E-state index contributed by atoms with van der Waals surface area (Å²) in [7, 11) is 0. The van der Waals surface area contributed by atoms with Gasteiger partial charge in [0.15, 0.2) is 0 Å². The lowest BCUT2D eigenvalue weighted by Crippen LogP contribution is -2.11. The lowest BCUT2D eigenvalue weighted by molar-refractivity contribution is 1.18. The SMILES string of the molecule is c1ccc(N(c2ccccc2-c2ccc3c4ccc(-c5ccc6ccccc6n5)cc4n(-c4ccccc4)c3c2)c2cccc3ccccc23)cc1. The summed E-state index contributed by atoms with van der Waals surface area (Å²) in [6.07, 6.45) is 0. The van der Waals surface area contributed by atoms with E-state index in [-0.39, 0.29) is 0 Å². The summed E-state index contributed by atoms with van der Waals surface area (Å²) in [4.78, 5) is 7.44. The van der Waals surface area contributed by atoms with Gasteiger partial charge in [-0.3, -0.25) is 0 Å². The summed E-state index contributed by atoms with van der Waals surface area (Å²) in [5.74, 6) is 0. The van der Waals surface area contributed by atoms with E-state index in [4.69, 9.17) is 4.98 Å². The summed E-state index contributed by atoms with van der Waals surface area (Å²) < 4.78 is 2.40. The van der Waals surface area contributed by atoms with Crippen LogP contribution in [0.25, 0.3) is 71.6 Å². The quantitative estimate of drug-likeness (QED) is 0.177. The highest BCUT2D eigenvalue weighted by atomic mass is 15.1. The third kappa shape index (κ3) is 5.02. The van der Waals surface area contributed by atoms with Gasteiger partial charge in [0.25, 0.3) is 0 Å². The van der Waals surface area contributed by atoms with Gasteiger partial charge >= 0.3 is 0 Å². The number of aromatic nitrogens is 2.